The van der Waals surface area contributed by atoms with Gasteiger partial charge in [0.05, 0.1) is 0 Å². The third-order valence-electron chi connectivity index (χ3n) is 3.29. The van der Waals surface area contributed by atoms with E-state index in [0.29, 0.717) is 5.56 Å². The van der Waals surface area contributed by atoms with Crippen LogP contribution in [0.25, 0.3) is 10.8 Å². The number of aromatic nitrogens is 1. The summed E-state index contributed by atoms with van der Waals surface area (Å²) in [5.74, 6) is -1.99. The highest BCUT2D eigenvalue weighted by Gasteiger charge is 2.19. The first-order valence-corrected chi connectivity index (χ1v) is 6.13. The van der Waals surface area contributed by atoms with Crippen LogP contribution in [0.2, 0.25) is 0 Å². The van der Waals surface area contributed by atoms with Crippen LogP contribution in [-0.4, -0.2) is 10.1 Å². The van der Waals surface area contributed by atoms with E-state index in [1.54, 1.807) is 30.6 Å². The molecule has 100 valence electrons. The summed E-state index contributed by atoms with van der Waals surface area (Å²) in [6.45, 7) is 0. The highest BCUT2D eigenvalue weighted by molar-refractivity contribution is 5.85. The summed E-state index contributed by atoms with van der Waals surface area (Å²) in [7, 11) is 0. The summed E-state index contributed by atoms with van der Waals surface area (Å²) in [6.07, 6.45) is 2.03. The standard InChI is InChI=1S/C16H11F2NO/c17-14-6-2-5-13(15(14)18)16(20)12-4-1-3-10-9-19-8-7-11(10)12/h1-9,16,20H. The Hall–Kier alpha value is -2.33. The van der Waals surface area contributed by atoms with E-state index in [4.69, 9.17) is 0 Å². The fourth-order valence-electron chi connectivity index (χ4n) is 2.29. The molecule has 2 nitrogen and oxygen atoms in total. The van der Waals surface area contributed by atoms with Crippen LogP contribution in [-0.2, 0) is 0 Å². The second-order valence-corrected chi connectivity index (χ2v) is 4.49. The average molecular weight is 271 g/mol. The normalized spacial score (nSPS) is 12.6. The minimum absolute atomic E-state index is 0.0747. The number of benzene rings is 2. The van der Waals surface area contributed by atoms with Gasteiger partial charge in [0.1, 0.15) is 6.10 Å². The van der Waals surface area contributed by atoms with E-state index >= 15 is 0 Å². The fraction of sp³-hybridized carbons (Fsp3) is 0.0625. The molecule has 0 saturated heterocycles. The maximum Gasteiger partial charge on any atom is 0.164 e. The van der Waals surface area contributed by atoms with Gasteiger partial charge in [0.2, 0.25) is 0 Å². The molecular weight excluding hydrogens is 260 g/mol. The quantitative estimate of drug-likeness (QED) is 0.772. The molecule has 0 amide bonds. The molecule has 1 N–H and O–H groups in total. The molecule has 0 aliphatic carbocycles. The molecular formula is C16H11F2NO. The summed E-state index contributed by atoms with van der Waals surface area (Å²) in [5, 5.41) is 12.0. The molecule has 0 aliphatic heterocycles. The maximum absolute atomic E-state index is 13.8. The van der Waals surface area contributed by atoms with Crippen molar-refractivity contribution in [2.24, 2.45) is 0 Å². The summed E-state index contributed by atoms with van der Waals surface area (Å²) in [6, 6.07) is 10.8. The van der Waals surface area contributed by atoms with Gasteiger partial charge in [-0.25, -0.2) is 8.78 Å². The first-order chi connectivity index (χ1) is 9.68. The van der Waals surface area contributed by atoms with Crippen LogP contribution >= 0.6 is 0 Å². The van der Waals surface area contributed by atoms with Crippen molar-refractivity contribution in [3.05, 3.63) is 77.6 Å². The van der Waals surface area contributed by atoms with Gasteiger partial charge in [-0.2, -0.15) is 0 Å². The number of pyridine rings is 1. The van der Waals surface area contributed by atoms with E-state index in [1.165, 1.54) is 12.1 Å². The molecule has 4 heteroatoms. The predicted octanol–water partition coefficient (Wildman–Crippen LogP) is 3.59. The highest BCUT2D eigenvalue weighted by Crippen LogP contribution is 2.30. The van der Waals surface area contributed by atoms with Crippen molar-refractivity contribution >= 4 is 10.8 Å². The van der Waals surface area contributed by atoms with E-state index in [0.717, 1.165) is 16.8 Å². The maximum atomic E-state index is 13.8. The Morgan fingerprint density at radius 1 is 0.950 bits per heavy atom. The van der Waals surface area contributed by atoms with Gasteiger partial charge in [0.15, 0.2) is 11.6 Å². The molecule has 3 aromatic rings. The average Bonchev–Trinajstić information content (AvgIpc) is 2.49. The fourth-order valence-corrected chi connectivity index (χ4v) is 2.29. The zero-order chi connectivity index (χ0) is 14.1. The van der Waals surface area contributed by atoms with Crippen molar-refractivity contribution in [1.29, 1.82) is 0 Å². The summed E-state index contributed by atoms with van der Waals surface area (Å²) < 4.78 is 27.1. The Balaban J connectivity index is 2.18. The Bertz CT molecular complexity index is 768. The molecule has 1 atom stereocenters. The minimum atomic E-state index is -1.23. The van der Waals surface area contributed by atoms with Crippen molar-refractivity contribution in [3.8, 4) is 0 Å². The molecule has 0 spiro atoms. The molecule has 0 bridgehead atoms. The van der Waals surface area contributed by atoms with E-state index < -0.39 is 17.7 Å². The first kappa shape index (κ1) is 12.7. The smallest absolute Gasteiger partial charge is 0.164 e. The number of nitrogens with zero attached hydrogens (tertiary/aromatic N) is 1. The number of fused-ring (bicyclic) bond motifs is 1. The molecule has 0 saturated carbocycles. The first-order valence-electron chi connectivity index (χ1n) is 6.13. The number of aliphatic hydroxyl groups excluding tert-OH is 1. The second kappa shape index (κ2) is 4.98. The Kier molecular flexibility index (Phi) is 3.16. The lowest BCUT2D eigenvalue weighted by atomic mass is 9.96. The van der Waals surface area contributed by atoms with E-state index in [9.17, 15) is 13.9 Å². The van der Waals surface area contributed by atoms with Gasteiger partial charge in [0.25, 0.3) is 0 Å². The zero-order valence-corrected chi connectivity index (χ0v) is 10.4. The Morgan fingerprint density at radius 3 is 2.55 bits per heavy atom. The van der Waals surface area contributed by atoms with Gasteiger partial charge in [0, 0.05) is 23.3 Å². The molecule has 20 heavy (non-hydrogen) atoms. The van der Waals surface area contributed by atoms with Crippen LogP contribution in [0.5, 0.6) is 0 Å². The SMILES string of the molecule is OC(c1cccc(F)c1F)c1cccc2cnccc12. The lowest BCUT2D eigenvalue weighted by Crippen LogP contribution is -2.04. The molecule has 2 aromatic carbocycles. The molecule has 1 aromatic heterocycles. The van der Waals surface area contributed by atoms with Crippen molar-refractivity contribution in [1.82, 2.24) is 4.98 Å². The number of rotatable bonds is 2. The van der Waals surface area contributed by atoms with Crippen LogP contribution < -0.4 is 0 Å². The van der Waals surface area contributed by atoms with Crippen molar-refractivity contribution < 1.29 is 13.9 Å². The molecule has 0 fully saturated rings. The van der Waals surface area contributed by atoms with Gasteiger partial charge in [-0.3, -0.25) is 4.98 Å². The van der Waals surface area contributed by atoms with Crippen LogP contribution in [0.4, 0.5) is 8.78 Å². The summed E-state index contributed by atoms with van der Waals surface area (Å²) >= 11 is 0. The summed E-state index contributed by atoms with van der Waals surface area (Å²) in [5.41, 5.74) is 0.448. The lowest BCUT2D eigenvalue weighted by Gasteiger charge is -2.15. The monoisotopic (exact) mass is 271 g/mol. The van der Waals surface area contributed by atoms with Gasteiger partial charge < -0.3 is 5.11 Å². The van der Waals surface area contributed by atoms with Gasteiger partial charge >= 0.3 is 0 Å². The van der Waals surface area contributed by atoms with Crippen molar-refractivity contribution in [2.75, 3.05) is 0 Å². The molecule has 1 unspecified atom stereocenters. The van der Waals surface area contributed by atoms with Crippen LogP contribution in [0, 0.1) is 11.6 Å². The van der Waals surface area contributed by atoms with Crippen LogP contribution in [0.15, 0.2) is 54.9 Å². The van der Waals surface area contributed by atoms with E-state index in [2.05, 4.69) is 4.98 Å². The van der Waals surface area contributed by atoms with Crippen LogP contribution in [0.3, 0.4) is 0 Å². The van der Waals surface area contributed by atoms with E-state index in [-0.39, 0.29) is 5.56 Å². The minimum Gasteiger partial charge on any atom is -0.384 e. The largest absolute Gasteiger partial charge is 0.384 e. The summed E-state index contributed by atoms with van der Waals surface area (Å²) in [4.78, 5) is 4.00. The highest BCUT2D eigenvalue weighted by atomic mass is 19.2. The van der Waals surface area contributed by atoms with Crippen molar-refractivity contribution in [2.45, 2.75) is 6.10 Å². The molecule has 0 aliphatic rings. The molecule has 1 heterocycles. The zero-order valence-electron chi connectivity index (χ0n) is 10.4. The number of halogens is 2. The van der Waals surface area contributed by atoms with Gasteiger partial charge in [-0.1, -0.05) is 30.3 Å². The Morgan fingerprint density at radius 2 is 1.70 bits per heavy atom. The number of aliphatic hydroxyl groups is 1. The van der Waals surface area contributed by atoms with Crippen LogP contribution in [0.1, 0.15) is 17.2 Å². The van der Waals surface area contributed by atoms with Crippen molar-refractivity contribution in [3.63, 3.8) is 0 Å². The molecule has 0 radical (unpaired) electrons. The number of hydrogen-bond acceptors (Lipinski definition) is 2. The third-order valence-corrected chi connectivity index (χ3v) is 3.29. The van der Waals surface area contributed by atoms with Gasteiger partial charge in [-0.15, -0.1) is 0 Å². The second-order valence-electron chi connectivity index (χ2n) is 4.49. The topological polar surface area (TPSA) is 33.1 Å². The Labute approximate surface area is 114 Å². The van der Waals surface area contributed by atoms with E-state index in [1.807, 2.05) is 6.07 Å². The lowest BCUT2D eigenvalue weighted by molar-refractivity contribution is 0.215. The predicted molar refractivity (Wildman–Crippen MR) is 72.2 cm³/mol. The third kappa shape index (κ3) is 2.04. The number of hydrogen-bond donors (Lipinski definition) is 1. The molecule has 3 rings (SSSR count). The van der Waals surface area contributed by atoms with Gasteiger partial charge in [-0.05, 0) is 23.1 Å².